The number of carbonyl (C=O) groups is 1. The second-order valence-corrected chi connectivity index (χ2v) is 8.02. The minimum absolute atomic E-state index is 0.0321. The Morgan fingerprint density at radius 3 is 2.79 bits per heavy atom. The van der Waals surface area contributed by atoms with Gasteiger partial charge in [-0.25, -0.2) is 8.78 Å². The molecule has 0 aliphatic heterocycles. The first-order chi connectivity index (χ1) is 11.3. The van der Waals surface area contributed by atoms with E-state index in [0.717, 1.165) is 12.0 Å². The number of benzene rings is 1. The quantitative estimate of drug-likeness (QED) is 0.509. The maximum Gasteiger partial charge on any atom is 0.281 e. The molecule has 0 bridgehead atoms. The Hall–Kier alpha value is -1.57. The van der Waals surface area contributed by atoms with Crippen LogP contribution >= 0.6 is 22.6 Å². The van der Waals surface area contributed by atoms with Crippen molar-refractivity contribution in [3.8, 4) is 0 Å². The summed E-state index contributed by atoms with van der Waals surface area (Å²) < 4.78 is 26.4. The van der Waals surface area contributed by atoms with E-state index in [1.54, 1.807) is 0 Å². The van der Waals surface area contributed by atoms with Crippen LogP contribution in [0, 0.1) is 0 Å². The van der Waals surface area contributed by atoms with E-state index in [0.29, 0.717) is 5.69 Å². The zero-order valence-electron chi connectivity index (χ0n) is 13.3. The lowest BCUT2D eigenvalue weighted by Gasteiger charge is -2.19. The van der Waals surface area contributed by atoms with Crippen molar-refractivity contribution in [2.24, 2.45) is 0 Å². The Morgan fingerprint density at radius 1 is 1.33 bits per heavy atom. The van der Waals surface area contributed by atoms with Crippen LogP contribution in [0.25, 0.3) is 0 Å². The van der Waals surface area contributed by atoms with Crippen LogP contribution in [0.5, 0.6) is 0 Å². The molecule has 0 saturated carbocycles. The molecule has 1 unspecified atom stereocenters. The van der Waals surface area contributed by atoms with Crippen molar-refractivity contribution in [1.29, 1.82) is 0 Å². The first kappa shape index (κ1) is 17.3. The SMILES string of the molecule is CC1(C)CC(I)c2c(NC(=O)c3cccnc3C(F)F)cccc21. The highest BCUT2D eigenvalue weighted by Gasteiger charge is 2.37. The van der Waals surface area contributed by atoms with E-state index in [1.807, 2.05) is 12.1 Å². The first-order valence-electron chi connectivity index (χ1n) is 7.63. The molecule has 1 aromatic heterocycles. The van der Waals surface area contributed by atoms with Gasteiger partial charge in [0.15, 0.2) is 0 Å². The third kappa shape index (κ3) is 3.03. The van der Waals surface area contributed by atoms with Crippen LogP contribution in [-0.2, 0) is 5.41 Å². The summed E-state index contributed by atoms with van der Waals surface area (Å²) in [5.74, 6) is -0.555. The van der Waals surface area contributed by atoms with Crippen LogP contribution in [0.4, 0.5) is 14.5 Å². The molecule has 0 radical (unpaired) electrons. The molecule has 24 heavy (non-hydrogen) atoms. The number of hydrogen-bond acceptors (Lipinski definition) is 2. The third-order valence-corrected chi connectivity index (χ3v) is 5.44. The molecule has 2 aromatic rings. The Labute approximate surface area is 153 Å². The topological polar surface area (TPSA) is 42.0 Å². The fraction of sp³-hybridized carbons (Fsp3) is 0.333. The van der Waals surface area contributed by atoms with Gasteiger partial charge >= 0.3 is 0 Å². The smallest absolute Gasteiger partial charge is 0.281 e. The van der Waals surface area contributed by atoms with Crippen molar-refractivity contribution in [2.75, 3.05) is 5.32 Å². The Balaban J connectivity index is 1.97. The molecule has 1 heterocycles. The summed E-state index contributed by atoms with van der Waals surface area (Å²) in [6.07, 6.45) is -0.544. The molecule has 1 aliphatic carbocycles. The van der Waals surface area contributed by atoms with Crippen LogP contribution in [0.3, 0.4) is 0 Å². The van der Waals surface area contributed by atoms with Crippen molar-refractivity contribution < 1.29 is 13.6 Å². The predicted molar refractivity (Wildman–Crippen MR) is 98.0 cm³/mol. The summed E-state index contributed by atoms with van der Waals surface area (Å²) in [4.78, 5) is 16.2. The number of halogens is 3. The lowest BCUT2D eigenvalue weighted by molar-refractivity contribution is 0.100. The van der Waals surface area contributed by atoms with Gasteiger partial charge in [0, 0.05) is 15.8 Å². The van der Waals surface area contributed by atoms with E-state index < -0.39 is 18.0 Å². The van der Waals surface area contributed by atoms with E-state index >= 15 is 0 Å². The number of pyridine rings is 1. The van der Waals surface area contributed by atoms with E-state index in [-0.39, 0.29) is 14.9 Å². The zero-order valence-corrected chi connectivity index (χ0v) is 15.5. The molecule has 126 valence electrons. The molecule has 3 nitrogen and oxygen atoms in total. The molecule has 3 rings (SSSR count). The lowest BCUT2D eigenvalue weighted by atomic mass is 9.86. The number of alkyl halides is 3. The molecular weight excluding hydrogens is 425 g/mol. The standard InChI is InChI=1S/C18H17F2IN2O/c1-18(2)9-12(21)14-11(18)6-3-7-13(14)23-17(24)10-5-4-8-22-15(10)16(19)20/h3-8,12,16H,9H2,1-2H3,(H,23,24). The van der Waals surface area contributed by atoms with E-state index in [9.17, 15) is 13.6 Å². The fourth-order valence-corrected chi connectivity index (χ4v) is 5.01. The molecule has 1 aromatic carbocycles. The maximum atomic E-state index is 13.1. The van der Waals surface area contributed by atoms with Gasteiger partial charge in [-0.15, -0.1) is 0 Å². The number of carbonyl (C=O) groups excluding carboxylic acids is 1. The van der Waals surface area contributed by atoms with Gasteiger partial charge in [-0.1, -0.05) is 48.6 Å². The highest BCUT2D eigenvalue weighted by atomic mass is 127. The third-order valence-electron chi connectivity index (χ3n) is 4.38. The number of fused-ring (bicyclic) bond motifs is 1. The second kappa shape index (κ2) is 6.38. The summed E-state index contributed by atoms with van der Waals surface area (Å²) in [6.45, 7) is 4.35. The van der Waals surface area contributed by atoms with Crippen LogP contribution in [0.2, 0.25) is 0 Å². The molecule has 0 spiro atoms. The summed E-state index contributed by atoms with van der Waals surface area (Å²) in [7, 11) is 0. The van der Waals surface area contributed by atoms with Crippen molar-refractivity contribution in [1.82, 2.24) is 4.98 Å². The van der Waals surface area contributed by atoms with Gasteiger partial charge in [0.05, 0.1) is 5.56 Å². The summed E-state index contributed by atoms with van der Waals surface area (Å²) in [5.41, 5.74) is 2.41. The normalized spacial score (nSPS) is 18.5. The number of hydrogen-bond donors (Lipinski definition) is 1. The second-order valence-electron chi connectivity index (χ2n) is 6.51. The van der Waals surface area contributed by atoms with E-state index in [2.05, 4.69) is 52.8 Å². The van der Waals surface area contributed by atoms with E-state index in [1.165, 1.54) is 23.9 Å². The Kier molecular flexibility index (Phi) is 4.59. The van der Waals surface area contributed by atoms with Crippen LogP contribution in [0.1, 0.15) is 57.8 Å². The average molecular weight is 442 g/mol. The largest absolute Gasteiger partial charge is 0.322 e. The Morgan fingerprint density at radius 2 is 2.08 bits per heavy atom. The maximum absolute atomic E-state index is 13.1. The van der Waals surface area contributed by atoms with Gasteiger partial charge < -0.3 is 5.32 Å². The molecule has 1 aliphatic rings. The molecule has 1 N–H and O–H groups in total. The highest BCUT2D eigenvalue weighted by Crippen LogP contribution is 2.51. The van der Waals surface area contributed by atoms with Gasteiger partial charge in [-0.3, -0.25) is 9.78 Å². The van der Waals surface area contributed by atoms with Crippen molar-refractivity contribution >= 4 is 34.2 Å². The highest BCUT2D eigenvalue weighted by molar-refractivity contribution is 14.1. The zero-order chi connectivity index (χ0) is 17.5. The number of amides is 1. The summed E-state index contributed by atoms with van der Waals surface area (Å²) >= 11 is 2.37. The van der Waals surface area contributed by atoms with Gasteiger partial charge in [0.1, 0.15) is 5.69 Å². The number of aromatic nitrogens is 1. The molecule has 0 saturated heterocycles. The van der Waals surface area contributed by atoms with Crippen LogP contribution in [-0.4, -0.2) is 10.9 Å². The van der Waals surface area contributed by atoms with Crippen molar-refractivity contribution in [3.63, 3.8) is 0 Å². The minimum atomic E-state index is -2.79. The number of anilines is 1. The molecule has 1 amide bonds. The predicted octanol–water partition coefficient (Wildman–Crippen LogP) is 5.43. The van der Waals surface area contributed by atoms with E-state index in [4.69, 9.17) is 0 Å². The number of nitrogens with one attached hydrogen (secondary N) is 1. The summed E-state index contributed by atoms with van der Waals surface area (Å²) in [6, 6.07) is 8.64. The van der Waals surface area contributed by atoms with Crippen LogP contribution < -0.4 is 5.32 Å². The van der Waals surface area contributed by atoms with Gasteiger partial charge in [0.25, 0.3) is 12.3 Å². The Bertz CT molecular complexity index is 792. The number of nitrogens with zero attached hydrogens (tertiary/aromatic N) is 1. The van der Waals surface area contributed by atoms with Crippen LogP contribution in [0.15, 0.2) is 36.5 Å². The van der Waals surface area contributed by atoms with Gasteiger partial charge in [-0.05, 0) is 41.2 Å². The first-order valence-corrected chi connectivity index (χ1v) is 8.87. The monoisotopic (exact) mass is 442 g/mol. The van der Waals surface area contributed by atoms with Crippen molar-refractivity contribution in [3.05, 3.63) is 58.9 Å². The minimum Gasteiger partial charge on any atom is -0.322 e. The number of rotatable bonds is 3. The average Bonchev–Trinajstić information content (AvgIpc) is 2.77. The van der Waals surface area contributed by atoms with Gasteiger partial charge in [-0.2, -0.15) is 0 Å². The molecular formula is C18H17F2IN2O. The molecule has 0 fully saturated rings. The molecule has 6 heteroatoms. The fourth-order valence-electron chi connectivity index (χ4n) is 3.23. The van der Waals surface area contributed by atoms with Gasteiger partial charge in [0.2, 0.25) is 0 Å². The summed E-state index contributed by atoms with van der Waals surface area (Å²) in [5, 5.41) is 2.80. The lowest BCUT2D eigenvalue weighted by Crippen LogP contribution is -2.17. The van der Waals surface area contributed by atoms with Crippen molar-refractivity contribution in [2.45, 2.75) is 36.0 Å². The molecule has 1 atom stereocenters.